The van der Waals surface area contributed by atoms with Crippen molar-refractivity contribution in [3.63, 3.8) is 0 Å². The number of hydrogen-bond acceptors (Lipinski definition) is 12. The van der Waals surface area contributed by atoms with Crippen LogP contribution in [0.2, 0.25) is 20.1 Å². The molecule has 130 heavy (non-hydrogen) atoms. The molecule has 4 aromatic carbocycles. The molecule has 0 spiro atoms. The summed E-state index contributed by atoms with van der Waals surface area (Å²) in [7, 11) is 1.55. The zero-order chi connectivity index (χ0) is 92.8. The minimum atomic E-state index is -4.42. The first-order valence-electron chi connectivity index (χ1n) is 40.1. The lowest BCUT2D eigenvalue weighted by atomic mass is 10.0. The standard InChI is InChI=1S/C25H26ClF3N4O2.C22H22ClF3N4O2.C21H20ClF3N4O2.C21H20ClF3N4O.2CH4/c26-21-13-16(14-22(34)31-19-3-1-2-4-19)15-30-23(21)17-9-11-33(12-10-17)24(35)32-20-7-5-18(6-8-20)25(27,28)29;1-2-27-19(31)12-14-11-18(23)20(28-13-14)15-7-9-30(10-8-15)21(32)29-17-5-3-16(4-6-17)22(24,25)26;1-26-18(30)11-13-10-17(22)19(27-12-13)14-6-8-29(9-7-14)20(31)28-16-4-2-15(3-5-16)21(23,24)25;1-13(26)10-14-11-18(22)19(27-12-14)15-6-8-29(9-7-15)20(30)28-17-4-2-16(3-5-17)21(23,24)25;;/h5-9,13,15,19H,1-4,10-12,14H2,(H,31,34)(H,32,35);3-7,11,13H,2,8-10,12H2,1H3,(H,27,31)(H,29,32);2-6,10,12H,7-9,11H2,1H3,(H,26,30)(H,28,31);2-6,11-12H,1,7-10,26H2,(H,28,30);2*1H4. The molecule has 0 unspecified atom stereocenters. The Kier molecular flexibility index (Phi) is 37.2. The summed E-state index contributed by atoms with van der Waals surface area (Å²) in [6, 6.07) is 22.8. The van der Waals surface area contributed by atoms with Crippen molar-refractivity contribution in [2.24, 2.45) is 5.73 Å². The van der Waals surface area contributed by atoms with E-state index in [1.54, 1.807) is 70.8 Å². The molecule has 1 fully saturated rings. The molecule has 8 aromatic rings. The number of amides is 11. The van der Waals surface area contributed by atoms with Crippen LogP contribution in [-0.2, 0) is 64.8 Å². The third kappa shape index (κ3) is 30.5. The number of nitrogens with one attached hydrogen (secondary N) is 7. The Morgan fingerprint density at radius 1 is 0.400 bits per heavy atom. The molecular formula is C91H96Cl4F12N16O7. The molecule has 5 aliphatic rings. The zero-order valence-corrected chi connectivity index (χ0v) is 71.9. The smallest absolute Gasteiger partial charge is 0.402 e. The molecule has 4 aromatic heterocycles. The van der Waals surface area contributed by atoms with Gasteiger partial charge in [0.25, 0.3) is 0 Å². The minimum absolute atomic E-state index is 0. The number of aromatic nitrogens is 4. The van der Waals surface area contributed by atoms with Crippen molar-refractivity contribution in [3.8, 4) is 0 Å². The number of carbonyl (C=O) groups excluding carboxylic acids is 7. The summed E-state index contributed by atoms with van der Waals surface area (Å²) in [6.45, 7) is 8.94. The third-order valence-electron chi connectivity index (χ3n) is 20.5. The quantitative estimate of drug-likeness (QED) is 0.0372. The van der Waals surface area contributed by atoms with Crippen LogP contribution >= 0.6 is 46.4 Å². The van der Waals surface area contributed by atoms with Crippen molar-refractivity contribution >= 4 is 133 Å². The lowest BCUT2D eigenvalue weighted by Gasteiger charge is -2.27. The molecule has 0 atom stereocenters. The summed E-state index contributed by atoms with van der Waals surface area (Å²) in [5.41, 5.74) is 13.3. The zero-order valence-electron chi connectivity index (χ0n) is 68.9. The Bertz CT molecular complexity index is 5460. The second-order valence-electron chi connectivity index (χ2n) is 30.0. The second-order valence-corrected chi connectivity index (χ2v) is 31.6. The number of nitrogens with two attached hydrogens (primary N) is 1. The number of halogens is 16. The van der Waals surface area contributed by atoms with Gasteiger partial charge in [-0.15, -0.1) is 0 Å². The Balaban J connectivity index is 0.000000213. The Morgan fingerprint density at radius 3 is 0.862 bits per heavy atom. The first-order valence-corrected chi connectivity index (χ1v) is 41.7. The number of rotatable bonds is 18. The van der Waals surface area contributed by atoms with E-state index in [0.717, 1.165) is 108 Å². The molecule has 1 aliphatic carbocycles. The van der Waals surface area contributed by atoms with E-state index < -0.39 is 65.1 Å². The van der Waals surface area contributed by atoms with Crippen LogP contribution in [0, 0.1) is 0 Å². The van der Waals surface area contributed by atoms with Crippen molar-refractivity contribution in [3.05, 3.63) is 270 Å². The predicted octanol–water partition coefficient (Wildman–Crippen LogP) is 21.2. The predicted molar refractivity (Wildman–Crippen MR) is 480 cm³/mol. The Hall–Kier alpha value is -12.2. The van der Waals surface area contributed by atoms with Crippen LogP contribution in [0.3, 0.4) is 0 Å². The van der Waals surface area contributed by atoms with Crippen molar-refractivity contribution in [1.29, 1.82) is 0 Å². The maximum Gasteiger partial charge on any atom is 0.416 e. The van der Waals surface area contributed by atoms with Gasteiger partial charge in [0, 0.05) is 132 Å². The number of nitrogens with zero attached hydrogens (tertiary/aromatic N) is 8. The number of likely N-dealkylation sites (N-methyl/N-ethyl adjacent to an activating group) is 2. The molecule has 1 saturated carbocycles. The number of pyridine rings is 4. The SMILES string of the molecule is C.C.C=C(N)Cc1cnc(C2=CCN(C(=O)Nc3ccc(C(F)(F)F)cc3)CC2)c(Cl)c1.CCNC(=O)Cc1cnc(C2=CCN(C(=O)Nc3ccc(C(F)(F)F)cc3)CC2)c(Cl)c1.CNC(=O)Cc1cnc(C2=CCN(C(=O)Nc3ccc(C(F)(F)F)cc3)CC2)c(Cl)c1.O=C(Cc1cnc(C2=CCN(C(=O)Nc3ccc(C(F)(F)F)cc3)CC2)c(Cl)c1)NC1CCCC1. The topological polar surface area (TPSA) is 294 Å². The van der Waals surface area contributed by atoms with Gasteiger partial charge in [-0.3, -0.25) is 34.3 Å². The van der Waals surface area contributed by atoms with Crippen LogP contribution in [-0.4, -0.2) is 153 Å². The Morgan fingerprint density at radius 2 is 0.646 bits per heavy atom. The van der Waals surface area contributed by atoms with E-state index in [0.29, 0.717) is 156 Å². The number of allylic oxidation sites excluding steroid dienone is 1. The van der Waals surface area contributed by atoms with Crippen LogP contribution in [0.4, 0.5) is 94.6 Å². The molecule has 8 heterocycles. The van der Waals surface area contributed by atoms with E-state index in [4.69, 9.17) is 52.1 Å². The third-order valence-corrected chi connectivity index (χ3v) is 21.7. The maximum atomic E-state index is 12.7. The molecule has 694 valence electrons. The number of anilines is 4. The second kappa shape index (κ2) is 46.9. The van der Waals surface area contributed by atoms with E-state index in [1.807, 2.05) is 31.2 Å². The first kappa shape index (κ1) is 103. The molecular weight excluding hydrogens is 1800 g/mol. The number of urea groups is 4. The number of alkyl halides is 12. The Labute approximate surface area is 763 Å². The highest BCUT2D eigenvalue weighted by Crippen LogP contribution is 2.38. The highest BCUT2D eigenvalue weighted by molar-refractivity contribution is 6.33. The summed E-state index contributed by atoms with van der Waals surface area (Å²) >= 11 is 25.5. The van der Waals surface area contributed by atoms with Gasteiger partial charge in [0.15, 0.2) is 0 Å². The van der Waals surface area contributed by atoms with Crippen LogP contribution in [0.25, 0.3) is 22.3 Å². The van der Waals surface area contributed by atoms with E-state index in [-0.39, 0.29) is 81.0 Å². The molecule has 11 amide bonds. The molecule has 39 heteroatoms. The summed E-state index contributed by atoms with van der Waals surface area (Å²) < 4.78 is 152. The van der Waals surface area contributed by atoms with Gasteiger partial charge in [-0.05, 0) is 211 Å². The normalized spacial score (nSPS) is 14.6. The monoisotopic (exact) mass is 1890 g/mol. The largest absolute Gasteiger partial charge is 0.416 e. The van der Waals surface area contributed by atoms with E-state index >= 15 is 0 Å². The lowest BCUT2D eigenvalue weighted by molar-refractivity contribution is -0.138. The first-order chi connectivity index (χ1) is 60.7. The summed E-state index contributed by atoms with van der Waals surface area (Å²) in [5.74, 6) is -0.281. The van der Waals surface area contributed by atoms with Gasteiger partial charge >= 0.3 is 48.8 Å². The summed E-state index contributed by atoms with van der Waals surface area (Å²) in [4.78, 5) is 109. The fourth-order valence-electron chi connectivity index (χ4n) is 13.8. The van der Waals surface area contributed by atoms with Crippen LogP contribution in [0.5, 0.6) is 0 Å². The molecule has 0 bridgehead atoms. The van der Waals surface area contributed by atoms with Gasteiger partial charge in [-0.2, -0.15) is 52.7 Å². The highest BCUT2D eigenvalue weighted by atomic mass is 35.5. The molecule has 0 saturated heterocycles. The molecule has 9 N–H and O–H groups in total. The van der Waals surface area contributed by atoms with Crippen LogP contribution in [0.1, 0.15) is 140 Å². The van der Waals surface area contributed by atoms with Gasteiger partial charge in [0.2, 0.25) is 17.7 Å². The fraction of sp³-hybridized carbons (Fsp3) is 0.330. The molecule has 23 nitrogen and oxygen atoms in total. The van der Waals surface area contributed by atoms with E-state index in [2.05, 4.69) is 63.7 Å². The van der Waals surface area contributed by atoms with Gasteiger partial charge in [0.05, 0.1) is 84.4 Å². The maximum absolute atomic E-state index is 12.7. The molecule has 4 aliphatic heterocycles. The number of hydrogen-bond donors (Lipinski definition) is 8. The summed E-state index contributed by atoms with van der Waals surface area (Å²) in [5, 5.41) is 20.5. The van der Waals surface area contributed by atoms with Crippen molar-refractivity contribution in [2.75, 3.05) is 87.2 Å². The average molecular weight is 1900 g/mol. The number of carbonyl (C=O) groups is 7. The molecule has 0 radical (unpaired) electrons. The van der Waals surface area contributed by atoms with Crippen LogP contribution in [0.15, 0.2) is 183 Å². The lowest BCUT2D eigenvalue weighted by Crippen LogP contribution is -2.38. The van der Waals surface area contributed by atoms with Gasteiger partial charge in [-0.1, -0.05) is 105 Å². The van der Waals surface area contributed by atoms with Crippen molar-refractivity contribution < 1.29 is 86.2 Å². The molecule has 13 rings (SSSR count). The fourth-order valence-corrected chi connectivity index (χ4v) is 15.1. The van der Waals surface area contributed by atoms with E-state index in [9.17, 15) is 86.2 Å². The van der Waals surface area contributed by atoms with Crippen molar-refractivity contribution in [1.82, 2.24) is 55.5 Å². The van der Waals surface area contributed by atoms with Crippen LogP contribution < -0.4 is 43.0 Å². The van der Waals surface area contributed by atoms with Gasteiger partial charge in [0.1, 0.15) is 0 Å². The average Bonchev–Trinajstić information content (AvgIpc) is 0.906. The van der Waals surface area contributed by atoms with Gasteiger partial charge < -0.3 is 62.6 Å². The van der Waals surface area contributed by atoms with E-state index in [1.165, 1.54) is 53.4 Å². The minimum Gasteiger partial charge on any atom is -0.402 e. The van der Waals surface area contributed by atoms with Gasteiger partial charge in [-0.25, -0.2) is 19.2 Å². The summed E-state index contributed by atoms with van der Waals surface area (Å²) in [6.07, 6.45) is 3.82. The highest BCUT2D eigenvalue weighted by Gasteiger charge is 2.35. The van der Waals surface area contributed by atoms with Crippen molar-refractivity contribution in [2.45, 2.75) is 130 Å². The number of benzene rings is 4.